The maximum absolute atomic E-state index is 9.11. The highest BCUT2D eigenvalue weighted by Gasteiger charge is 2.22. The zero-order valence-corrected chi connectivity index (χ0v) is 15.6. The SMILES string of the molecule is Cn1cc(Nc2cc(N[C@@H]3CCCc4cc(C#N)cnc43)ccc2C=N)cn1.[HH]. The van der Waals surface area contributed by atoms with Crippen LogP contribution in [0.5, 0.6) is 0 Å². The molecule has 0 unspecified atom stereocenters. The quantitative estimate of drug-likeness (QED) is 0.583. The standard InChI is InChI=1S/C21H21N7.H2/c1-28-13-18(12-25-28)27-20-8-17(6-5-16(20)10-23)26-19-4-2-3-15-7-14(9-22)11-24-21(15)19;/h5-8,10-13,19,23,26-27H,2-4H2,1H3;1H/t19-;/m1./s1. The Balaban J connectivity index is 0.00000240. The Bertz CT molecular complexity index is 1070. The number of nitriles is 1. The fraction of sp³-hybridized carbons (Fsp3) is 0.238. The Morgan fingerprint density at radius 2 is 2.21 bits per heavy atom. The van der Waals surface area contributed by atoms with Crippen molar-refractivity contribution in [2.24, 2.45) is 7.05 Å². The molecule has 0 bridgehead atoms. The molecule has 0 saturated carbocycles. The third kappa shape index (κ3) is 3.58. The number of hydrogen-bond donors (Lipinski definition) is 3. The second-order valence-corrected chi connectivity index (χ2v) is 6.94. The van der Waals surface area contributed by atoms with E-state index >= 15 is 0 Å². The molecule has 0 saturated heterocycles. The Kier molecular flexibility index (Phi) is 4.77. The van der Waals surface area contributed by atoms with Gasteiger partial charge in [-0.3, -0.25) is 9.67 Å². The molecule has 0 fully saturated rings. The van der Waals surface area contributed by atoms with Gasteiger partial charge in [0.2, 0.25) is 0 Å². The number of hydrogen-bond acceptors (Lipinski definition) is 6. The lowest BCUT2D eigenvalue weighted by atomic mass is 9.91. The van der Waals surface area contributed by atoms with Crippen molar-refractivity contribution in [3.8, 4) is 6.07 Å². The van der Waals surface area contributed by atoms with Gasteiger partial charge in [0.25, 0.3) is 0 Å². The normalized spacial score (nSPS) is 15.4. The fourth-order valence-electron chi connectivity index (χ4n) is 3.59. The molecule has 0 radical (unpaired) electrons. The lowest BCUT2D eigenvalue weighted by molar-refractivity contribution is 0.583. The van der Waals surface area contributed by atoms with E-state index in [2.05, 4.69) is 26.8 Å². The Morgan fingerprint density at radius 1 is 1.32 bits per heavy atom. The summed E-state index contributed by atoms with van der Waals surface area (Å²) in [6.45, 7) is 0. The van der Waals surface area contributed by atoms with Gasteiger partial charge in [-0.05, 0) is 49.1 Å². The largest absolute Gasteiger partial charge is 0.377 e. The highest BCUT2D eigenvalue weighted by Crippen LogP contribution is 2.33. The van der Waals surface area contributed by atoms with Crippen molar-refractivity contribution in [2.75, 3.05) is 10.6 Å². The van der Waals surface area contributed by atoms with Gasteiger partial charge >= 0.3 is 0 Å². The minimum absolute atomic E-state index is 0. The number of benzene rings is 1. The van der Waals surface area contributed by atoms with Crippen LogP contribution in [0.3, 0.4) is 0 Å². The van der Waals surface area contributed by atoms with Gasteiger partial charge in [-0.25, -0.2) is 0 Å². The number of pyridine rings is 1. The first kappa shape index (κ1) is 17.7. The number of rotatable bonds is 5. The van der Waals surface area contributed by atoms with Crippen molar-refractivity contribution in [3.63, 3.8) is 0 Å². The van der Waals surface area contributed by atoms with Crippen molar-refractivity contribution in [1.29, 1.82) is 10.7 Å². The molecule has 1 aliphatic carbocycles. The summed E-state index contributed by atoms with van der Waals surface area (Å²) in [7, 11) is 1.87. The highest BCUT2D eigenvalue weighted by molar-refractivity contribution is 5.88. The molecule has 1 atom stereocenters. The van der Waals surface area contributed by atoms with Gasteiger partial charge in [-0.1, -0.05) is 0 Å². The van der Waals surface area contributed by atoms with Crippen LogP contribution in [0.2, 0.25) is 0 Å². The number of nitrogens with zero attached hydrogens (tertiary/aromatic N) is 4. The first-order valence-corrected chi connectivity index (χ1v) is 9.22. The zero-order valence-electron chi connectivity index (χ0n) is 15.6. The first-order chi connectivity index (χ1) is 13.7. The molecule has 2 aromatic heterocycles. The molecule has 1 aromatic carbocycles. The average Bonchev–Trinajstić information content (AvgIpc) is 3.12. The van der Waals surface area contributed by atoms with E-state index in [0.29, 0.717) is 5.56 Å². The zero-order chi connectivity index (χ0) is 19.5. The van der Waals surface area contributed by atoms with Crippen LogP contribution in [0.4, 0.5) is 17.1 Å². The summed E-state index contributed by atoms with van der Waals surface area (Å²) >= 11 is 0. The molecule has 28 heavy (non-hydrogen) atoms. The summed E-state index contributed by atoms with van der Waals surface area (Å²) in [5, 5.41) is 27.9. The van der Waals surface area contributed by atoms with Crippen LogP contribution in [-0.4, -0.2) is 21.0 Å². The number of aromatic nitrogens is 3. The van der Waals surface area contributed by atoms with E-state index in [1.807, 2.05) is 37.5 Å². The van der Waals surface area contributed by atoms with E-state index < -0.39 is 0 Å². The molecule has 1 aliphatic rings. The van der Waals surface area contributed by atoms with Gasteiger partial charge in [0.15, 0.2) is 0 Å². The third-order valence-corrected chi connectivity index (χ3v) is 4.93. The fourth-order valence-corrected chi connectivity index (χ4v) is 3.59. The average molecular weight is 373 g/mol. The molecular weight excluding hydrogens is 350 g/mol. The van der Waals surface area contributed by atoms with Gasteiger partial charge in [-0.2, -0.15) is 10.4 Å². The van der Waals surface area contributed by atoms with Gasteiger partial charge in [0.1, 0.15) is 6.07 Å². The monoisotopic (exact) mass is 373 g/mol. The van der Waals surface area contributed by atoms with Crippen LogP contribution in [0.1, 0.15) is 42.7 Å². The summed E-state index contributed by atoms with van der Waals surface area (Å²) in [6, 6.07) is 10.1. The Labute approximate surface area is 165 Å². The molecule has 2 heterocycles. The van der Waals surface area contributed by atoms with Crippen LogP contribution >= 0.6 is 0 Å². The highest BCUT2D eigenvalue weighted by atomic mass is 15.3. The van der Waals surface area contributed by atoms with Crippen molar-refractivity contribution in [3.05, 3.63) is 65.2 Å². The predicted molar refractivity (Wildman–Crippen MR) is 111 cm³/mol. The summed E-state index contributed by atoms with van der Waals surface area (Å²) in [4.78, 5) is 4.55. The molecule has 4 rings (SSSR count). The van der Waals surface area contributed by atoms with Crippen LogP contribution in [0.25, 0.3) is 0 Å². The molecule has 3 aromatic rings. The van der Waals surface area contributed by atoms with Crippen molar-refractivity contribution in [2.45, 2.75) is 25.3 Å². The number of nitrogens with one attached hydrogen (secondary N) is 3. The second kappa shape index (κ2) is 7.53. The van der Waals surface area contributed by atoms with Crippen molar-refractivity contribution >= 4 is 23.3 Å². The third-order valence-electron chi connectivity index (χ3n) is 4.93. The topological polar surface area (TPSA) is 102 Å². The van der Waals surface area contributed by atoms with Crippen LogP contribution in [-0.2, 0) is 13.5 Å². The van der Waals surface area contributed by atoms with Crippen LogP contribution < -0.4 is 10.6 Å². The molecular formula is C21H23N7. The minimum Gasteiger partial charge on any atom is -0.377 e. The van der Waals surface area contributed by atoms with Crippen LogP contribution in [0.15, 0.2) is 42.9 Å². The Morgan fingerprint density at radius 3 is 2.96 bits per heavy atom. The lowest BCUT2D eigenvalue weighted by Gasteiger charge is -2.26. The summed E-state index contributed by atoms with van der Waals surface area (Å²) in [6.07, 6.45) is 9.63. The second-order valence-electron chi connectivity index (χ2n) is 6.94. The number of aryl methyl sites for hydroxylation is 2. The first-order valence-electron chi connectivity index (χ1n) is 9.22. The molecule has 7 nitrogen and oxygen atoms in total. The minimum atomic E-state index is 0. The van der Waals surface area contributed by atoms with Crippen LogP contribution in [0, 0.1) is 16.7 Å². The number of fused-ring (bicyclic) bond motifs is 1. The van der Waals surface area contributed by atoms with E-state index in [-0.39, 0.29) is 7.47 Å². The van der Waals surface area contributed by atoms with E-state index in [4.69, 9.17) is 10.7 Å². The van der Waals surface area contributed by atoms with E-state index in [9.17, 15) is 0 Å². The summed E-state index contributed by atoms with van der Waals surface area (Å²) in [5.74, 6) is 0. The molecule has 142 valence electrons. The number of anilines is 3. The smallest absolute Gasteiger partial charge is 0.101 e. The summed E-state index contributed by atoms with van der Waals surface area (Å²) in [5.41, 5.74) is 6.25. The van der Waals surface area contributed by atoms with Gasteiger partial charge < -0.3 is 16.0 Å². The lowest BCUT2D eigenvalue weighted by Crippen LogP contribution is -2.19. The van der Waals surface area contributed by atoms with Gasteiger partial charge in [0.05, 0.1) is 29.2 Å². The molecule has 0 aliphatic heterocycles. The summed E-state index contributed by atoms with van der Waals surface area (Å²) < 4.78 is 1.73. The van der Waals surface area contributed by atoms with Crippen molar-refractivity contribution in [1.82, 2.24) is 14.8 Å². The molecule has 0 spiro atoms. The van der Waals surface area contributed by atoms with E-state index in [1.54, 1.807) is 17.1 Å². The molecule has 7 heteroatoms. The molecule has 3 N–H and O–H groups in total. The van der Waals surface area contributed by atoms with Gasteiger partial charge in [0, 0.05) is 44.0 Å². The predicted octanol–water partition coefficient (Wildman–Crippen LogP) is 4.16. The Hall–Kier alpha value is -3.66. The maximum Gasteiger partial charge on any atom is 0.101 e. The maximum atomic E-state index is 9.11. The van der Waals surface area contributed by atoms with Gasteiger partial charge in [-0.15, -0.1) is 0 Å². The molecule has 0 amide bonds. The van der Waals surface area contributed by atoms with E-state index in [1.165, 1.54) is 6.21 Å². The van der Waals surface area contributed by atoms with Crippen molar-refractivity contribution < 1.29 is 1.43 Å². The van der Waals surface area contributed by atoms with E-state index in [0.717, 1.165) is 53.1 Å².